The zero-order valence-electron chi connectivity index (χ0n) is 10.8. The number of carbonyl (C=O) groups is 2. The van der Waals surface area contributed by atoms with Gasteiger partial charge in [0.2, 0.25) is 0 Å². The van der Waals surface area contributed by atoms with Crippen LogP contribution in [0.4, 0.5) is 4.79 Å². The molecule has 0 radical (unpaired) electrons. The van der Waals surface area contributed by atoms with Crippen molar-refractivity contribution in [3.05, 3.63) is 0 Å². The molecule has 2 N–H and O–H groups in total. The van der Waals surface area contributed by atoms with E-state index < -0.39 is 12.0 Å². The first-order valence-corrected chi connectivity index (χ1v) is 6.57. The molecule has 2 rings (SSSR count). The zero-order chi connectivity index (χ0) is 13.1. The molecule has 1 unspecified atom stereocenters. The predicted octanol–water partition coefficient (Wildman–Crippen LogP) is 0.339. The first kappa shape index (κ1) is 13.1. The second-order valence-corrected chi connectivity index (χ2v) is 5.13. The van der Waals surface area contributed by atoms with Crippen molar-refractivity contribution in [3.63, 3.8) is 0 Å². The molecule has 6 heteroatoms. The van der Waals surface area contributed by atoms with Crippen molar-refractivity contribution < 1.29 is 14.7 Å². The van der Waals surface area contributed by atoms with Crippen molar-refractivity contribution in [2.45, 2.75) is 37.8 Å². The number of nitrogens with one attached hydrogen (secondary N) is 1. The molecule has 0 aromatic heterocycles. The summed E-state index contributed by atoms with van der Waals surface area (Å²) < 4.78 is 0. The molecule has 0 spiro atoms. The standard InChI is InChI=1S/C12H21N3O3/c1-14(9-4-5-9)8-6-13-12(18)15-7-2-3-10(15)11(16)17/h9-10H,2-8H2,1H3,(H,13,18)(H,16,17). The third kappa shape index (κ3) is 3.13. The number of nitrogens with zero attached hydrogens (tertiary/aromatic N) is 2. The zero-order valence-corrected chi connectivity index (χ0v) is 10.8. The lowest BCUT2D eigenvalue weighted by molar-refractivity contribution is -0.141. The Bertz CT molecular complexity index is 331. The monoisotopic (exact) mass is 255 g/mol. The van der Waals surface area contributed by atoms with Gasteiger partial charge >= 0.3 is 12.0 Å². The SMILES string of the molecule is CN(CCNC(=O)N1CCCC1C(=O)O)C1CC1. The summed E-state index contributed by atoms with van der Waals surface area (Å²) in [6, 6.07) is -0.212. The van der Waals surface area contributed by atoms with Gasteiger partial charge in [-0.25, -0.2) is 9.59 Å². The van der Waals surface area contributed by atoms with Crippen molar-refractivity contribution in [2.24, 2.45) is 0 Å². The molecule has 1 aliphatic heterocycles. The lowest BCUT2D eigenvalue weighted by Gasteiger charge is -2.23. The van der Waals surface area contributed by atoms with Gasteiger partial charge in [0.05, 0.1) is 0 Å². The molecular formula is C12H21N3O3. The van der Waals surface area contributed by atoms with Gasteiger partial charge in [0.25, 0.3) is 0 Å². The van der Waals surface area contributed by atoms with Crippen LogP contribution in [0.1, 0.15) is 25.7 Å². The van der Waals surface area contributed by atoms with E-state index in [0.717, 1.165) is 13.0 Å². The Morgan fingerprint density at radius 2 is 2.11 bits per heavy atom. The van der Waals surface area contributed by atoms with Gasteiger partial charge in [-0.15, -0.1) is 0 Å². The molecule has 1 saturated carbocycles. The maximum absolute atomic E-state index is 11.9. The fourth-order valence-electron chi connectivity index (χ4n) is 2.41. The molecule has 0 aromatic rings. The highest BCUT2D eigenvalue weighted by molar-refractivity contribution is 5.83. The van der Waals surface area contributed by atoms with E-state index in [4.69, 9.17) is 5.11 Å². The largest absolute Gasteiger partial charge is 0.480 e. The quantitative estimate of drug-likeness (QED) is 0.743. The predicted molar refractivity (Wildman–Crippen MR) is 66.4 cm³/mol. The molecule has 102 valence electrons. The minimum Gasteiger partial charge on any atom is -0.480 e. The smallest absolute Gasteiger partial charge is 0.326 e. The Morgan fingerprint density at radius 1 is 1.39 bits per heavy atom. The summed E-state index contributed by atoms with van der Waals surface area (Å²) in [5.41, 5.74) is 0. The van der Waals surface area contributed by atoms with Crippen LogP contribution in [0.5, 0.6) is 0 Å². The van der Waals surface area contributed by atoms with Crippen LogP contribution in [-0.2, 0) is 4.79 Å². The number of aliphatic carboxylic acids is 1. The Kier molecular flexibility index (Phi) is 4.06. The van der Waals surface area contributed by atoms with Crippen LogP contribution >= 0.6 is 0 Å². The van der Waals surface area contributed by atoms with Gasteiger partial charge in [0.15, 0.2) is 0 Å². The summed E-state index contributed by atoms with van der Waals surface area (Å²) in [6.07, 6.45) is 3.83. The number of likely N-dealkylation sites (tertiary alicyclic amines) is 1. The van der Waals surface area contributed by atoms with Gasteiger partial charge in [-0.2, -0.15) is 0 Å². The molecule has 1 aliphatic carbocycles. The van der Waals surface area contributed by atoms with Crippen LogP contribution in [0, 0.1) is 0 Å². The molecule has 0 aromatic carbocycles. The van der Waals surface area contributed by atoms with Gasteiger partial charge in [0.1, 0.15) is 6.04 Å². The van der Waals surface area contributed by atoms with E-state index in [1.165, 1.54) is 17.7 Å². The number of hydrogen-bond acceptors (Lipinski definition) is 3. The van der Waals surface area contributed by atoms with Gasteiger partial charge in [-0.1, -0.05) is 0 Å². The van der Waals surface area contributed by atoms with Crippen LogP contribution < -0.4 is 5.32 Å². The summed E-state index contributed by atoms with van der Waals surface area (Å²) in [5.74, 6) is -0.905. The van der Waals surface area contributed by atoms with Crippen molar-refractivity contribution in [2.75, 3.05) is 26.7 Å². The highest BCUT2D eigenvalue weighted by Crippen LogP contribution is 2.24. The van der Waals surface area contributed by atoms with Gasteiger partial charge in [-0.05, 0) is 32.7 Å². The normalized spacial score (nSPS) is 23.4. The van der Waals surface area contributed by atoms with E-state index in [1.807, 2.05) is 0 Å². The number of carboxylic acid groups (broad SMARTS) is 1. The van der Waals surface area contributed by atoms with Gasteiger partial charge in [-0.3, -0.25) is 0 Å². The highest BCUT2D eigenvalue weighted by atomic mass is 16.4. The lowest BCUT2D eigenvalue weighted by atomic mass is 10.2. The first-order chi connectivity index (χ1) is 8.59. The van der Waals surface area contributed by atoms with E-state index in [9.17, 15) is 9.59 Å². The van der Waals surface area contributed by atoms with Crippen molar-refractivity contribution >= 4 is 12.0 Å². The molecule has 1 atom stereocenters. The molecule has 2 fully saturated rings. The van der Waals surface area contributed by atoms with Crippen molar-refractivity contribution in [3.8, 4) is 0 Å². The maximum atomic E-state index is 11.9. The highest BCUT2D eigenvalue weighted by Gasteiger charge is 2.33. The number of urea groups is 1. The summed E-state index contributed by atoms with van der Waals surface area (Å²) in [4.78, 5) is 26.5. The first-order valence-electron chi connectivity index (χ1n) is 6.57. The van der Waals surface area contributed by atoms with Gasteiger partial charge in [0, 0.05) is 25.7 Å². The topological polar surface area (TPSA) is 72.9 Å². The Labute approximate surface area is 107 Å². The molecule has 1 saturated heterocycles. The molecule has 2 amide bonds. The van der Waals surface area contributed by atoms with Crippen molar-refractivity contribution in [1.29, 1.82) is 0 Å². The lowest BCUT2D eigenvalue weighted by Crippen LogP contribution is -2.47. The third-order valence-corrected chi connectivity index (χ3v) is 3.71. The van der Waals surface area contributed by atoms with E-state index in [2.05, 4.69) is 17.3 Å². The summed E-state index contributed by atoms with van der Waals surface area (Å²) in [7, 11) is 2.06. The van der Waals surface area contributed by atoms with Crippen LogP contribution in [0.3, 0.4) is 0 Å². The fraction of sp³-hybridized carbons (Fsp3) is 0.833. The Morgan fingerprint density at radius 3 is 2.72 bits per heavy atom. The number of carbonyl (C=O) groups excluding carboxylic acids is 1. The summed E-state index contributed by atoms with van der Waals surface area (Å²) in [6.45, 7) is 1.94. The number of likely N-dealkylation sites (N-methyl/N-ethyl adjacent to an activating group) is 1. The van der Waals surface area contributed by atoms with Crippen LogP contribution in [-0.4, -0.2) is 65.7 Å². The van der Waals surface area contributed by atoms with Crippen molar-refractivity contribution in [1.82, 2.24) is 15.1 Å². The maximum Gasteiger partial charge on any atom is 0.326 e. The Hall–Kier alpha value is -1.30. The van der Waals surface area contributed by atoms with Crippen LogP contribution in [0.15, 0.2) is 0 Å². The second kappa shape index (κ2) is 5.56. The molecule has 2 aliphatic rings. The number of carboxylic acids is 1. The molecule has 6 nitrogen and oxygen atoms in total. The number of rotatable bonds is 5. The number of hydrogen-bond donors (Lipinski definition) is 2. The molecule has 18 heavy (non-hydrogen) atoms. The third-order valence-electron chi connectivity index (χ3n) is 3.71. The number of amides is 2. The Balaban J connectivity index is 1.71. The van der Waals surface area contributed by atoms with Crippen LogP contribution in [0.2, 0.25) is 0 Å². The minimum atomic E-state index is -0.905. The van der Waals surface area contributed by atoms with Gasteiger partial charge < -0.3 is 20.2 Å². The van der Waals surface area contributed by atoms with E-state index in [0.29, 0.717) is 25.6 Å². The van der Waals surface area contributed by atoms with E-state index in [-0.39, 0.29) is 6.03 Å². The molecular weight excluding hydrogens is 234 g/mol. The van der Waals surface area contributed by atoms with E-state index in [1.54, 1.807) is 0 Å². The molecule has 1 heterocycles. The van der Waals surface area contributed by atoms with Crippen LogP contribution in [0.25, 0.3) is 0 Å². The minimum absolute atomic E-state index is 0.246. The summed E-state index contributed by atoms with van der Waals surface area (Å²) >= 11 is 0. The second-order valence-electron chi connectivity index (χ2n) is 5.13. The fourth-order valence-corrected chi connectivity index (χ4v) is 2.41. The summed E-state index contributed by atoms with van der Waals surface area (Å²) in [5, 5.41) is 11.8. The van der Waals surface area contributed by atoms with E-state index >= 15 is 0 Å². The average molecular weight is 255 g/mol. The molecule has 0 bridgehead atoms. The average Bonchev–Trinajstić information content (AvgIpc) is 3.05.